The van der Waals surface area contributed by atoms with E-state index in [0.29, 0.717) is 31.1 Å². The second-order valence-electron chi connectivity index (χ2n) is 6.64. The first kappa shape index (κ1) is 20.2. The highest BCUT2D eigenvalue weighted by Gasteiger charge is 2.25. The molecule has 1 heterocycles. The van der Waals surface area contributed by atoms with Crippen molar-refractivity contribution >= 4 is 39.4 Å². The summed E-state index contributed by atoms with van der Waals surface area (Å²) in [5.41, 5.74) is 2.41. The number of rotatable bonds is 6. The van der Waals surface area contributed by atoms with Gasteiger partial charge in [-0.25, -0.2) is 9.59 Å². The highest BCUT2D eigenvalue weighted by Crippen LogP contribution is 2.29. The number of cyclic esters (lactones) is 1. The zero-order valence-corrected chi connectivity index (χ0v) is 17.6. The van der Waals surface area contributed by atoms with Crippen LogP contribution in [0.25, 0.3) is 0 Å². The first-order valence-corrected chi connectivity index (χ1v) is 10.2. The Bertz CT molecular complexity index is 858. The van der Waals surface area contributed by atoms with Crippen LogP contribution in [0, 0.1) is 0 Å². The van der Waals surface area contributed by atoms with Gasteiger partial charge in [0.1, 0.15) is 6.61 Å². The van der Waals surface area contributed by atoms with Crippen LogP contribution in [-0.2, 0) is 4.74 Å². The van der Waals surface area contributed by atoms with Gasteiger partial charge in [-0.2, -0.15) is 0 Å². The quantitative estimate of drug-likeness (QED) is 0.646. The fourth-order valence-electron chi connectivity index (χ4n) is 3.27. The number of amides is 3. The highest BCUT2D eigenvalue weighted by molar-refractivity contribution is 9.10. The van der Waals surface area contributed by atoms with E-state index in [9.17, 15) is 9.59 Å². The average molecular weight is 446 g/mol. The molecule has 1 atom stereocenters. The Morgan fingerprint density at radius 3 is 2.75 bits per heavy atom. The summed E-state index contributed by atoms with van der Waals surface area (Å²) in [5.74, 6) is 0. The van der Waals surface area contributed by atoms with Crippen molar-refractivity contribution in [2.24, 2.45) is 0 Å². The fourth-order valence-corrected chi connectivity index (χ4v) is 3.88. The number of benzene rings is 2. The molecule has 0 bridgehead atoms. The number of nitrogens with one attached hydrogen (secondary N) is 1. The van der Waals surface area contributed by atoms with Crippen LogP contribution in [-0.4, -0.2) is 36.7 Å². The predicted molar refractivity (Wildman–Crippen MR) is 114 cm³/mol. The molecule has 1 aliphatic rings. The molecule has 0 spiro atoms. The number of carbonyl (C=O) groups excluding carboxylic acids is 2. The molecule has 6 nitrogen and oxygen atoms in total. The Hall–Kier alpha value is -2.54. The number of hydrogen-bond acceptors (Lipinski definition) is 3. The molecule has 3 amide bonds. The van der Waals surface area contributed by atoms with Crippen LogP contribution >= 0.6 is 15.9 Å². The molecule has 1 aliphatic heterocycles. The lowest BCUT2D eigenvalue weighted by Crippen LogP contribution is -2.37. The molecular weight excluding hydrogens is 422 g/mol. The van der Waals surface area contributed by atoms with Crippen molar-refractivity contribution in [3.63, 3.8) is 0 Å². The lowest BCUT2D eigenvalue weighted by atomic mass is 10.1. The van der Waals surface area contributed by atoms with E-state index in [0.717, 1.165) is 16.5 Å². The minimum absolute atomic E-state index is 0.0905. The Morgan fingerprint density at radius 1 is 1.29 bits per heavy atom. The van der Waals surface area contributed by atoms with E-state index >= 15 is 0 Å². The van der Waals surface area contributed by atoms with Crippen LogP contribution in [0.15, 0.2) is 53.0 Å². The van der Waals surface area contributed by atoms with Crippen LogP contribution in [0.2, 0.25) is 0 Å². The maximum atomic E-state index is 13.0. The molecule has 2 aromatic rings. The maximum Gasteiger partial charge on any atom is 0.414 e. The summed E-state index contributed by atoms with van der Waals surface area (Å²) in [4.78, 5) is 28.2. The summed E-state index contributed by atoms with van der Waals surface area (Å²) >= 11 is 3.58. The molecule has 1 N–H and O–H groups in total. The molecule has 28 heavy (non-hydrogen) atoms. The summed E-state index contributed by atoms with van der Waals surface area (Å²) in [7, 11) is 0. The first-order chi connectivity index (χ1) is 13.5. The minimum Gasteiger partial charge on any atom is -0.447 e. The van der Waals surface area contributed by atoms with Gasteiger partial charge in [-0.1, -0.05) is 47.1 Å². The zero-order valence-electron chi connectivity index (χ0n) is 16.0. The van der Waals surface area contributed by atoms with Crippen LogP contribution < -0.4 is 10.2 Å². The summed E-state index contributed by atoms with van der Waals surface area (Å²) in [6.45, 7) is 5.59. The minimum atomic E-state index is -0.362. The molecule has 0 saturated carbocycles. The van der Waals surface area contributed by atoms with Gasteiger partial charge < -0.3 is 15.0 Å². The van der Waals surface area contributed by atoms with Crippen LogP contribution in [0.4, 0.5) is 21.0 Å². The normalized spacial score (nSPS) is 14.5. The van der Waals surface area contributed by atoms with Crippen molar-refractivity contribution in [2.45, 2.75) is 26.3 Å². The number of hydrogen-bond donors (Lipinski definition) is 1. The molecule has 1 saturated heterocycles. The largest absolute Gasteiger partial charge is 0.447 e. The third-order valence-corrected chi connectivity index (χ3v) is 5.44. The molecule has 1 unspecified atom stereocenters. The van der Waals surface area contributed by atoms with Gasteiger partial charge in [-0.15, -0.1) is 0 Å². The van der Waals surface area contributed by atoms with Crippen molar-refractivity contribution in [1.82, 2.24) is 4.90 Å². The van der Waals surface area contributed by atoms with Gasteiger partial charge in [-0.3, -0.25) is 4.90 Å². The zero-order chi connectivity index (χ0) is 20.1. The molecule has 0 radical (unpaired) electrons. The van der Waals surface area contributed by atoms with E-state index in [1.807, 2.05) is 61.2 Å². The van der Waals surface area contributed by atoms with Crippen molar-refractivity contribution in [1.29, 1.82) is 0 Å². The Labute approximate surface area is 173 Å². The van der Waals surface area contributed by atoms with Gasteiger partial charge in [0.25, 0.3) is 0 Å². The SMILES string of the molecule is CCCN(C(=O)Nc1cccc(N2CCOC2=O)c1)C(C)c1ccccc1Br. The maximum absolute atomic E-state index is 13.0. The van der Waals surface area contributed by atoms with Crippen LogP contribution in [0.1, 0.15) is 31.9 Å². The molecular formula is C21H24BrN3O3. The monoisotopic (exact) mass is 445 g/mol. The smallest absolute Gasteiger partial charge is 0.414 e. The Kier molecular flexibility index (Phi) is 6.57. The molecule has 1 fully saturated rings. The summed E-state index contributed by atoms with van der Waals surface area (Å²) in [6.07, 6.45) is 0.487. The number of halogens is 1. The van der Waals surface area contributed by atoms with Gasteiger partial charge in [-0.05, 0) is 43.2 Å². The van der Waals surface area contributed by atoms with Crippen LogP contribution in [0.3, 0.4) is 0 Å². The van der Waals surface area contributed by atoms with E-state index in [1.165, 1.54) is 0 Å². The van der Waals surface area contributed by atoms with Gasteiger partial charge in [0.15, 0.2) is 0 Å². The topological polar surface area (TPSA) is 61.9 Å². The molecule has 7 heteroatoms. The average Bonchev–Trinajstić information content (AvgIpc) is 3.12. The lowest BCUT2D eigenvalue weighted by Gasteiger charge is -2.30. The van der Waals surface area contributed by atoms with E-state index in [-0.39, 0.29) is 18.2 Å². The number of carbonyl (C=O) groups is 2. The molecule has 0 aromatic heterocycles. The molecule has 3 rings (SSSR count). The fraction of sp³-hybridized carbons (Fsp3) is 0.333. The number of ether oxygens (including phenoxy) is 1. The van der Waals surface area contributed by atoms with E-state index in [1.54, 1.807) is 11.0 Å². The van der Waals surface area contributed by atoms with Gasteiger partial charge >= 0.3 is 12.1 Å². The number of urea groups is 1. The van der Waals surface area contributed by atoms with E-state index in [4.69, 9.17) is 4.74 Å². The standard InChI is InChI=1S/C21H24BrN3O3/c1-3-11-24(15(2)18-9-4-5-10-19(18)22)20(26)23-16-7-6-8-17(14-16)25-12-13-28-21(25)27/h4-10,14-15H,3,11-13H2,1-2H3,(H,23,26). The van der Waals surface area contributed by atoms with E-state index < -0.39 is 0 Å². The molecule has 2 aromatic carbocycles. The summed E-state index contributed by atoms with van der Waals surface area (Å²) in [5, 5.41) is 2.97. The van der Waals surface area contributed by atoms with Gasteiger partial charge in [0, 0.05) is 22.4 Å². The summed E-state index contributed by atoms with van der Waals surface area (Å²) < 4.78 is 5.97. The molecule has 148 valence electrons. The number of anilines is 2. The third kappa shape index (κ3) is 4.47. The second-order valence-corrected chi connectivity index (χ2v) is 7.49. The third-order valence-electron chi connectivity index (χ3n) is 4.72. The Morgan fingerprint density at radius 2 is 2.07 bits per heavy atom. The molecule has 0 aliphatic carbocycles. The van der Waals surface area contributed by atoms with Crippen molar-refractivity contribution in [2.75, 3.05) is 29.9 Å². The van der Waals surface area contributed by atoms with Crippen LogP contribution in [0.5, 0.6) is 0 Å². The Balaban J connectivity index is 1.77. The number of nitrogens with zero attached hydrogens (tertiary/aromatic N) is 2. The second kappa shape index (κ2) is 9.10. The first-order valence-electron chi connectivity index (χ1n) is 9.37. The van der Waals surface area contributed by atoms with Gasteiger partial charge in [0.2, 0.25) is 0 Å². The summed E-state index contributed by atoms with van der Waals surface area (Å²) in [6, 6.07) is 14.9. The lowest BCUT2D eigenvalue weighted by molar-refractivity contribution is 0.181. The van der Waals surface area contributed by atoms with Crippen molar-refractivity contribution < 1.29 is 14.3 Å². The van der Waals surface area contributed by atoms with Crippen molar-refractivity contribution in [3.05, 3.63) is 58.6 Å². The predicted octanol–water partition coefficient (Wildman–Crippen LogP) is 5.41. The highest BCUT2D eigenvalue weighted by atomic mass is 79.9. The van der Waals surface area contributed by atoms with E-state index in [2.05, 4.69) is 21.2 Å². The van der Waals surface area contributed by atoms with Gasteiger partial charge in [0.05, 0.1) is 12.6 Å². The van der Waals surface area contributed by atoms with Crippen molar-refractivity contribution in [3.8, 4) is 0 Å².